The minimum absolute atomic E-state index is 0.0597. The van der Waals surface area contributed by atoms with E-state index in [-0.39, 0.29) is 24.0 Å². The largest absolute Gasteiger partial charge is 0.463 e. The first kappa shape index (κ1) is 32.1. The van der Waals surface area contributed by atoms with Crippen LogP contribution in [0, 0.1) is 25.2 Å². The molecule has 5 rings (SSSR count). The van der Waals surface area contributed by atoms with Gasteiger partial charge >= 0.3 is 17.9 Å². The normalized spacial score (nSPS) is 19.1. The highest BCUT2D eigenvalue weighted by molar-refractivity contribution is 5.83. The van der Waals surface area contributed by atoms with Gasteiger partial charge in [-0.05, 0) is 25.0 Å². The van der Waals surface area contributed by atoms with Gasteiger partial charge in [0.15, 0.2) is 35.4 Å². The van der Waals surface area contributed by atoms with Crippen LogP contribution in [0.2, 0.25) is 0 Å². The maximum absolute atomic E-state index is 12.2. The third-order valence-corrected chi connectivity index (χ3v) is 7.50. The van der Waals surface area contributed by atoms with E-state index >= 15 is 0 Å². The van der Waals surface area contributed by atoms with Crippen molar-refractivity contribution in [1.82, 2.24) is 19.5 Å². The average Bonchev–Trinajstić information content (AvgIpc) is 3.56. The van der Waals surface area contributed by atoms with Gasteiger partial charge in [0.1, 0.15) is 18.8 Å². The van der Waals surface area contributed by atoms with Crippen molar-refractivity contribution in [3.05, 3.63) is 82.9 Å². The Morgan fingerprint density at radius 3 is 2.15 bits per heavy atom. The highest BCUT2D eigenvalue weighted by Gasteiger charge is 2.51. The fraction of sp³-hybridized carbons (Fsp3) is 0.364. The van der Waals surface area contributed by atoms with Gasteiger partial charge in [-0.2, -0.15) is 15.2 Å². The first-order valence-electron chi connectivity index (χ1n) is 14.7. The molecule has 0 aliphatic carbocycles. The van der Waals surface area contributed by atoms with Gasteiger partial charge < -0.3 is 24.3 Å². The number of hydrogen-bond donors (Lipinski definition) is 1. The quantitative estimate of drug-likeness (QED) is 0.200. The molecule has 1 aliphatic rings. The molecular formula is C33H34N6O7. The van der Waals surface area contributed by atoms with Crippen molar-refractivity contribution in [3.63, 3.8) is 0 Å². The van der Waals surface area contributed by atoms with E-state index in [4.69, 9.17) is 18.9 Å². The molecule has 1 N–H and O–H groups in total. The summed E-state index contributed by atoms with van der Waals surface area (Å²) in [4.78, 5) is 49.1. The minimum atomic E-state index is -1.15. The van der Waals surface area contributed by atoms with Crippen LogP contribution < -0.4 is 5.32 Å². The zero-order valence-electron chi connectivity index (χ0n) is 26.1. The fourth-order valence-corrected chi connectivity index (χ4v) is 5.59. The van der Waals surface area contributed by atoms with E-state index in [2.05, 4.69) is 44.5 Å². The van der Waals surface area contributed by atoms with Crippen molar-refractivity contribution < 1.29 is 33.3 Å². The van der Waals surface area contributed by atoms with E-state index in [1.54, 1.807) is 0 Å². The van der Waals surface area contributed by atoms with Crippen LogP contribution in [-0.2, 0) is 33.3 Å². The Kier molecular flexibility index (Phi) is 9.58. The monoisotopic (exact) mass is 626 g/mol. The number of aromatic nitrogens is 4. The summed E-state index contributed by atoms with van der Waals surface area (Å²) in [5.74, 6) is -1.73. The summed E-state index contributed by atoms with van der Waals surface area (Å²) < 4.78 is 23.9. The van der Waals surface area contributed by atoms with Crippen molar-refractivity contribution in [2.45, 2.75) is 65.1 Å². The van der Waals surface area contributed by atoms with Crippen LogP contribution in [-0.4, -0.2) is 68.9 Å². The molecule has 1 fully saturated rings. The SMILES string of the molecule is CC(=O)OC[C@@H]1O[C@@H](n2cnc3c(NCC(c4cccc(C)c4)c4cccc(C)c4)nc(C#N)nc32)[C@H](OC(C)=O)[C@@H]1OC(C)=O. The lowest BCUT2D eigenvalue weighted by Gasteiger charge is -2.23. The molecule has 3 heterocycles. The number of esters is 3. The fourth-order valence-electron chi connectivity index (χ4n) is 5.59. The molecule has 2 aromatic heterocycles. The zero-order valence-corrected chi connectivity index (χ0v) is 26.1. The van der Waals surface area contributed by atoms with Gasteiger partial charge in [0, 0.05) is 33.2 Å². The number of aryl methyl sites for hydroxylation is 2. The standard InChI is InChI=1S/C33H34N6O7/c1-18-8-6-10-23(12-18)25(24-11-7-9-19(2)13-24)15-35-31-28-32(38-27(14-34)37-31)39(17-36-28)33-30(45-22(5)42)29(44-21(4)41)26(46-33)16-43-20(3)40/h6-13,17,25-26,29-30,33H,15-16H2,1-5H3,(H,35,37,38)/t26-,29+,30+,33+/m0/s1. The predicted molar refractivity (Wildman–Crippen MR) is 164 cm³/mol. The smallest absolute Gasteiger partial charge is 0.303 e. The van der Waals surface area contributed by atoms with Crippen molar-refractivity contribution in [2.75, 3.05) is 18.5 Å². The van der Waals surface area contributed by atoms with E-state index in [1.807, 2.05) is 44.2 Å². The van der Waals surface area contributed by atoms with Crippen LogP contribution in [0.5, 0.6) is 0 Å². The summed E-state index contributed by atoms with van der Waals surface area (Å²) in [7, 11) is 0. The lowest BCUT2D eigenvalue weighted by molar-refractivity contribution is -0.166. The molecule has 2 aromatic carbocycles. The maximum atomic E-state index is 12.2. The molecule has 0 bridgehead atoms. The van der Waals surface area contributed by atoms with E-state index < -0.39 is 42.4 Å². The van der Waals surface area contributed by atoms with Crippen LogP contribution in [0.15, 0.2) is 54.9 Å². The summed E-state index contributed by atoms with van der Waals surface area (Å²) in [6.07, 6.45) is -2.91. The number of benzene rings is 2. The first-order chi connectivity index (χ1) is 22.0. The van der Waals surface area contributed by atoms with Gasteiger partial charge in [0.2, 0.25) is 5.82 Å². The molecular weight excluding hydrogens is 592 g/mol. The summed E-state index contributed by atoms with van der Waals surface area (Å²) in [5.41, 5.74) is 5.02. The molecule has 13 nitrogen and oxygen atoms in total. The van der Waals surface area contributed by atoms with Gasteiger partial charge in [0.25, 0.3) is 0 Å². The Hall–Kier alpha value is -5.35. The van der Waals surface area contributed by atoms with Crippen molar-refractivity contribution in [1.29, 1.82) is 5.26 Å². The van der Waals surface area contributed by atoms with Gasteiger partial charge in [-0.3, -0.25) is 19.0 Å². The molecule has 4 aromatic rings. The Morgan fingerprint density at radius 1 is 0.957 bits per heavy atom. The molecule has 0 spiro atoms. The van der Waals surface area contributed by atoms with E-state index in [9.17, 15) is 19.6 Å². The van der Waals surface area contributed by atoms with Gasteiger partial charge in [-0.25, -0.2) is 4.98 Å². The summed E-state index contributed by atoms with van der Waals surface area (Å²) >= 11 is 0. The lowest BCUT2D eigenvalue weighted by atomic mass is 9.89. The van der Waals surface area contributed by atoms with Crippen molar-refractivity contribution >= 4 is 34.9 Å². The Labute approximate surface area is 265 Å². The highest BCUT2D eigenvalue weighted by atomic mass is 16.7. The molecule has 13 heteroatoms. The number of nitrogens with zero attached hydrogens (tertiary/aromatic N) is 5. The molecule has 46 heavy (non-hydrogen) atoms. The van der Waals surface area contributed by atoms with Gasteiger partial charge in [-0.15, -0.1) is 0 Å². The zero-order chi connectivity index (χ0) is 33.0. The second-order valence-corrected chi connectivity index (χ2v) is 11.1. The number of rotatable bonds is 10. The highest BCUT2D eigenvalue weighted by Crippen LogP contribution is 2.37. The van der Waals surface area contributed by atoms with E-state index in [1.165, 1.54) is 31.7 Å². The number of imidazole rings is 1. The molecule has 0 radical (unpaired) electrons. The lowest BCUT2D eigenvalue weighted by Crippen LogP contribution is -2.40. The van der Waals surface area contributed by atoms with E-state index in [0.29, 0.717) is 17.9 Å². The maximum Gasteiger partial charge on any atom is 0.303 e. The number of nitriles is 1. The van der Waals surface area contributed by atoms with Gasteiger partial charge in [-0.1, -0.05) is 59.7 Å². The van der Waals surface area contributed by atoms with Crippen LogP contribution in [0.25, 0.3) is 11.2 Å². The molecule has 1 saturated heterocycles. The third kappa shape index (κ3) is 7.13. The molecule has 0 unspecified atom stereocenters. The Morgan fingerprint density at radius 2 is 1.59 bits per heavy atom. The Balaban J connectivity index is 1.53. The van der Waals surface area contributed by atoms with Crippen molar-refractivity contribution in [2.24, 2.45) is 0 Å². The number of carbonyl (C=O) groups excluding carboxylic acids is 3. The topological polar surface area (TPSA) is 168 Å². The first-order valence-corrected chi connectivity index (χ1v) is 14.7. The summed E-state index contributed by atoms with van der Waals surface area (Å²) in [5, 5.41) is 13.2. The second kappa shape index (κ2) is 13.7. The third-order valence-electron chi connectivity index (χ3n) is 7.50. The number of fused-ring (bicyclic) bond motifs is 1. The predicted octanol–water partition coefficient (Wildman–Crippen LogP) is 3.88. The Bertz CT molecular complexity index is 1770. The number of hydrogen-bond acceptors (Lipinski definition) is 12. The van der Waals surface area contributed by atoms with Crippen LogP contribution in [0.3, 0.4) is 0 Å². The van der Waals surface area contributed by atoms with Crippen LogP contribution in [0.4, 0.5) is 5.82 Å². The van der Waals surface area contributed by atoms with Crippen LogP contribution >= 0.6 is 0 Å². The summed E-state index contributed by atoms with van der Waals surface area (Å²) in [6.45, 7) is 7.90. The minimum Gasteiger partial charge on any atom is -0.463 e. The number of anilines is 1. The van der Waals surface area contributed by atoms with Crippen LogP contribution in [0.1, 0.15) is 61.0 Å². The molecule has 4 atom stereocenters. The number of ether oxygens (including phenoxy) is 4. The number of nitrogens with one attached hydrogen (secondary N) is 1. The number of carbonyl (C=O) groups is 3. The second-order valence-electron chi connectivity index (χ2n) is 11.1. The van der Waals surface area contributed by atoms with Crippen molar-refractivity contribution in [3.8, 4) is 6.07 Å². The average molecular weight is 627 g/mol. The summed E-state index contributed by atoms with van der Waals surface area (Å²) in [6, 6.07) is 18.5. The molecule has 0 amide bonds. The molecule has 238 valence electrons. The molecule has 0 saturated carbocycles. The van der Waals surface area contributed by atoms with Gasteiger partial charge in [0.05, 0.1) is 6.33 Å². The van der Waals surface area contributed by atoms with E-state index in [0.717, 1.165) is 22.3 Å². The molecule has 1 aliphatic heterocycles.